The Morgan fingerprint density at radius 2 is 0.438 bits per heavy atom. The molecule has 0 N–H and O–H groups in total. The van der Waals surface area contributed by atoms with E-state index < -0.39 is 0 Å². The molecule has 3 aliphatic rings. The number of rotatable bonds is 7. The van der Waals surface area contributed by atoms with E-state index in [-0.39, 0.29) is 29.6 Å². The Labute approximate surface area is 278 Å². The van der Waals surface area contributed by atoms with Crippen molar-refractivity contribution in [3.63, 3.8) is 0 Å². The summed E-state index contributed by atoms with van der Waals surface area (Å²) in [5.41, 5.74) is 0. The lowest BCUT2D eigenvalue weighted by atomic mass is 9.59. The number of hydrogen-bond donors (Lipinski definition) is 0. The molecule has 0 aliphatic heterocycles. The zero-order valence-electron chi connectivity index (χ0n) is 26.5. The van der Waals surface area contributed by atoms with E-state index in [1.54, 1.807) is 63.3 Å². The minimum absolute atomic E-state index is 0.195. The molecule has 15 nitrogen and oxygen atoms in total. The van der Waals surface area contributed by atoms with E-state index >= 15 is 0 Å². The van der Waals surface area contributed by atoms with Crippen molar-refractivity contribution in [2.24, 2.45) is 23.7 Å². The van der Waals surface area contributed by atoms with Gasteiger partial charge in [0.05, 0.1) is 0 Å². The fourth-order valence-electron chi connectivity index (χ4n) is 9.02. The summed E-state index contributed by atoms with van der Waals surface area (Å²) in [6.45, 7) is 0. The molecular formula is C33H37N15. The SMILES string of the molecule is c1ncnc(C2CC(c3ncncn3)CC(C3CC(c4ncncn4)CC(C4CC(c5ncncn5)CC(c5ncncn5)C4)C3)C2)n1. The second kappa shape index (κ2) is 14.0. The number of hydrogen-bond acceptors (Lipinski definition) is 15. The summed E-state index contributed by atoms with van der Waals surface area (Å²) >= 11 is 0. The lowest BCUT2D eigenvalue weighted by molar-refractivity contribution is 0.0769. The Morgan fingerprint density at radius 3 is 0.667 bits per heavy atom. The largest absolute Gasteiger partial charge is 0.225 e. The van der Waals surface area contributed by atoms with Crippen LogP contribution >= 0.6 is 0 Å². The Hall–Kier alpha value is -4.95. The molecule has 3 aliphatic carbocycles. The van der Waals surface area contributed by atoms with E-state index in [2.05, 4.69) is 74.8 Å². The van der Waals surface area contributed by atoms with Crippen LogP contribution in [0, 0.1) is 23.7 Å². The predicted molar refractivity (Wildman–Crippen MR) is 168 cm³/mol. The molecule has 3 saturated carbocycles. The lowest BCUT2D eigenvalue weighted by Gasteiger charge is -2.46. The minimum atomic E-state index is 0.195. The van der Waals surface area contributed by atoms with Crippen LogP contribution < -0.4 is 0 Å². The molecule has 0 spiro atoms. The zero-order chi connectivity index (χ0) is 32.1. The van der Waals surface area contributed by atoms with Gasteiger partial charge < -0.3 is 0 Å². The second-order valence-corrected chi connectivity index (χ2v) is 13.6. The summed E-state index contributed by atoms with van der Waals surface area (Å²) in [6, 6.07) is 0. The molecule has 244 valence electrons. The van der Waals surface area contributed by atoms with Gasteiger partial charge in [0.15, 0.2) is 0 Å². The highest BCUT2D eigenvalue weighted by atomic mass is 15.0. The molecule has 5 heterocycles. The molecule has 15 heteroatoms. The van der Waals surface area contributed by atoms with Crippen LogP contribution in [0.25, 0.3) is 0 Å². The third-order valence-corrected chi connectivity index (χ3v) is 11.0. The average molecular weight is 644 g/mol. The second-order valence-electron chi connectivity index (χ2n) is 13.6. The van der Waals surface area contributed by atoms with Crippen molar-refractivity contribution in [1.29, 1.82) is 0 Å². The molecular weight excluding hydrogens is 606 g/mol. The maximum absolute atomic E-state index is 4.68. The van der Waals surface area contributed by atoms with Gasteiger partial charge in [-0.15, -0.1) is 0 Å². The van der Waals surface area contributed by atoms with Crippen LogP contribution in [-0.2, 0) is 0 Å². The van der Waals surface area contributed by atoms with Gasteiger partial charge in [-0.2, -0.15) is 0 Å². The highest BCUT2D eigenvalue weighted by Crippen LogP contribution is 2.55. The maximum atomic E-state index is 4.68. The Balaban J connectivity index is 1.12. The van der Waals surface area contributed by atoms with Gasteiger partial charge in [0.25, 0.3) is 0 Å². The summed E-state index contributed by atoms with van der Waals surface area (Å²) in [5, 5.41) is 0. The lowest BCUT2D eigenvalue weighted by Crippen LogP contribution is -2.37. The Morgan fingerprint density at radius 1 is 0.250 bits per heavy atom. The fraction of sp³-hybridized carbons (Fsp3) is 0.545. The van der Waals surface area contributed by atoms with Crippen LogP contribution in [0.2, 0.25) is 0 Å². The van der Waals surface area contributed by atoms with Gasteiger partial charge in [0, 0.05) is 29.6 Å². The van der Waals surface area contributed by atoms with Crippen molar-refractivity contribution in [3.05, 3.63) is 92.4 Å². The molecule has 48 heavy (non-hydrogen) atoms. The molecule has 5 aromatic heterocycles. The van der Waals surface area contributed by atoms with Gasteiger partial charge in [0.1, 0.15) is 92.4 Å². The normalized spacial score (nSPS) is 30.8. The van der Waals surface area contributed by atoms with Gasteiger partial charge in [-0.05, 0) is 81.5 Å². The van der Waals surface area contributed by atoms with Crippen LogP contribution in [0.1, 0.15) is 116 Å². The summed E-state index contributed by atoms with van der Waals surface area (Å²) < 4.78 is 0. The molecule has 6 atom stereocenters. The molecule has 8 rings (SSSR count). The van der Waals surface area contributed by atoms with Gasteiger partial charge in [-0.25, -0.2) is 74.8 Å². The van der Waals surface area contributed by atoms with E-state index in [0.29, 0.717) is 23.7 Å². The quantitative estimate of drug-likeness (QED) is 0.248. The summed E-state index contributed by atoms with van der Waals surface area (Å²) in [4.78, 5) is 66.7. The molecule has 0 amide bonds. The first-order chi connectivity index (χ1) is 23.8. The molecule has 0 saturated heterocycles. The highest BCUT2D eigenvalue weighted by Gasteiger charge is 2.45. The van der Waals surface area contributed by atoms with Crippen molar-refractivity contribution in [3.8, 4) is 0 Å². The van der Waals surface area contributed by atoms with Gasteiger partial charge in [0.2, 0.25) is 0 Å². The van der Waals surface area contributed by atoms with Crippen LogP contribution in [0.3, 0.4) is 0 Å². The molecule has 0 aromatic carbocycles. The van der Waals surface area contributed by atoms with Crippen LogP contribution in [0.4, 0.5) is 0 Å². The Bertz CT molecular complexity index is 1520. The number of nitrogens with zero attached hydrogens (tertiary/aromatic N) is 15. The van der Waals surface area contributed by atoms with E-state index in [9.17, 15) is 0 Å². The Kier molecular flexibility index (Phi) is 8.89. The first-order valence-electron chi connectivity index (χ1n) is 16.9. The van der Waals surface area contributed by atoms with Crippen molar-refractivity contribution in [2.75, 3.05) is 0 Å². The van der Waals surface area contributed by atoms with Gasteiger partial charge in [-0.1, -0.05) is 0 Å². The standard InChI is InChI=1S/C33H37N15/c1-20(22-4-25(30-41-12-35-13-42-30)8-26(5-22)31-43-14-36-15-44-31)2-24(29-39-10-34-11-40-29)3-21(1)23-6-27(32-45-16-37-17-46-32)9-28(7-23)33-47-18-38-19-48-33/h10-28H,1-9H2. The zero-order valence-corrected chi connectivity index (χ0v) is 26.5. The molecule has 0 bridgehead atoms. The van der Waals surface area contributed by atoms with Crippen LogP contribution in [0.5, 0.6) is 0 Å². The van der Waals surface area contributed by atoms with Crippen molar-refractivity contribution in [2.45, 2.75) is 87.4 Å². The van der Waals surface area contributed by atoms with E-state index in [1.807, 2.05) is 0 Å². The van der Waals surface area contributed by atoms with E-state index in [0.717, 1.165) is 86.9 Å². The number of aromatic nitrogens is 15. The van der Waals surface area contributed by atoms with Gasteiger partial charge in [-0.3, -0.25) is 0 Å². The van der Waals surface area contributed by atoms with E-state index in [4.69, 9.17) is 0 Å². The maximum Gasteiger partial charge on any atom is 0.135 e. The fourth-order valence-corrected chi connectivity index (χ4v) is 9.02. The van der Waals surface area contributed by atoms with Crippen molar-refractivity contribution < 1.29 is 0 Å². The molecule has 5 aromatic rings. The molecule has 0 radical (unpaired) electrons. The predicted octanol–water partition coefficient (Wildman–Crippen LogP) is 3.85. The summed E-state index contributed by atoms with van der Waals surface area (Å²) in [6.07, 6.45) is 25.1. The van der Waals surface area contributed by atoms with E-state index in [1.165, 1.54) is 0 Å². The van der Waals surface area contributed by atoms with Crippen molar-refractivity contribution in [1.82, 2.24) is 74.8 Å². The molecule has 6 unspecified atom stereocenters. The minimum Gasteiger partial charge on any atom is -0.225 e. The highest BCUT2D eigenvalue weighted by molar-refractivity contribution is 5.11. The first-order valence-corrected chi connectivity index (χ1v) is 16.9. The topological polar surface area (TPSA) is 193 Å². The summed E-state index contributed by atoms with van der Waals surface area (Å²) in [5.74, 6) is 7.06. The average Bonchev–Trinajstić information content (AvgIpc) is 3.19. The van der Waals surface area contributed by atoms with Crippen LogP contribution in [0.15, 0.2) is 63.3 Å². The summed E-state index contributed by atoms with van der Waals surface area (Å²) in [7, 11) is 0. The van der Waals surface area contributed by atoms with Gasteiger partial charge >= 0.3 is 0 Å². The third kappa shape index (κ3) is 6.71. The smallest absolute Gasteiger partial charge is 0.135 e. The monoisotopic (exact) mass is 643 g/mol. The van der Waals surface area contributed by atoms with Crippen molar-refractivity contribution >= 4 is 0 Å². The molecule has 3 fully saturated rings. The first kappa shape index (κ1) is 30.4. The third-order valence-electron chi connectivity index (χ3n) is 11.0. The van der Waals surface area contributed by atoms with Crippen LogP contribution in [-0.4, -0.2) is 74.8 Å².